The first-order valence-electron chi connectivity index (χ1n) is 8.19. The van der Waals surface area contributed by atoms with Crippen LogP contribution in [0.25, 0.3) is 11.0 Å². The summed E-state index contributed by atoms with van der Waals surface area (Å²) < 4.78 is 13.2. The highest BCUT2D eigenvalue weighted by atomic mass is 32.1. The number of hydrogen-bond acceptors (Lipinski definition) is 4. The van der Waals surface area contributed by atoms with Gasteiger partial charge in [0, 0.05) is 24.8 Å². The van der Waals surface area contributed by atoms with Crippen molar-refractivity contribution < 1.29 is 9.18 Å². The van der Waals surface area contributed by atoms with Crippen LogP contribution in [0, 0.1) is 19.7 Å². The van der Waals surface area contributed by atoms with Crippen molar-refractivity contribution in [2.45, 2.75) is 39.7 Å². The number of benzene rings is 1. The predicted octanol–water partition coefficient (Wildman–Crippen LogP) is 3.93. The van der Waals surface area contributed by atoms with Crippen molar-refractivity contribution >= 4 is 28.3 Å². The molecule has 25 heavy (non-hydrogen) atoms. The van der Waals surface area contributed by atoms with Gasteiger partial charge >= 0.3 is 0 Å². The molecule has 132 valence electrons. The van der Waals surface area contributed by atoms with Crippen molar-refractivity contribution in [3.8, 4) is 0 Å². The van der Waals surface area contributed by atoms with Crippen LogP contribution in [0.2, 0.25) is 0 Å². The van der Waals surface area contributed by atoms with Gasteiger partial charge in [0.15, 0.2) is 0 Å². The molecule has 0 bridgehead atoms. The fourth-order valence-electron chi connectivity index (χ4n) is 2.89. The van der Waals surface area contributed by atoms with Crippen molar-refractivity contribution in [2.75, 3.05) is 7.05 Å². The fraction of sp³-hybridized carbons (Fsp3) is 0.389. The smallest absolute Gasteiger partial charge is 0.223 e. The van der Waals surface area contributed by atoms with Gasteiger partial charge < -0.3 is 9.88 Å². The first kappa shape index (κ1) is 17.5. The number of nitrogens with one attached hydrogen (secondary N) is 1. The number of hydrogen-bond donors (Lipinski definition) is 1. The molecule has 0 saturated carbocycles. The number of imidazole rings is 1. The molecule has 0 saturated heterocycles. The lowest BCUT2D eigenvalue weighted by Gasteiger charge is -2.24. The van der Waals surface area contributed by atoms with Crippen LogP contribution in [0.1, 0.15) is 40.8 Å². The molecule has 0 spiro atoms. The Morgan fingerprint density at radius 1 is 1.36 bits per heavy atom. The number of aryl methyl sites for hydroxylation is 3. The molecule has 1 aromatic carbocycles. The summed E-state index contributed by atoms with van der Waals surface area (Å²) >= 11 is 1.65. The summed E-state index contributed by atoms with van der Waals surface area (Å²) in [4.78, 5) is 27.4. The minimum Gasteiger partial charge on any atom is -0.342 e. The molecule has 0 aliphatic heterocycles. The third-order valence-corrected chi connectivity index (χ3v) is 5.28. The molecule has 2 aromatic heterocycles. The van der Waals surface area contributed by atoms with Crippen molar-refractivity contribution in [1.29, 1.82) is 0 Å². The molecule has 0 fully saturated rings. The summed E-state index contributed by atoms with van der Waals surface area (Å²) in [6.45, 7) is 5.99. The molecule has 3 aromatic rings. The molecule has 1 amide bonds. The van der Waals surface area contributed by atoms with E-state index in [0.717, 1.165) is 15.6 Å². The second kappa shape index (κ2) is 6.92. The number of H-pyrrole nitrogens is 1. The molecule has 0 aliphatic carbocycles. The van der Waals surface area contributed by atoms with Gasteiger partial charge in [-0.25, -0.2) is 14.4 Å². The minimum atomic E-state index is -0.304. The molecule has 1 atom stereocenters. The van der Waals surface area contributed by atoms with Crippen LogP contribution < -0.4 is 0 Å². The van der Waals surface area contributed by atoms with E-state index in [9.17, 15) is 9.18 Å². The van der Waals surface area contributed by atoms with Gasteiger partial charge in [-0.3, -0.25) is 4.79 Å². The van der Waals surface area contributed by atoms with Gasteiger partial charge in [-0.15, -0.1) is 11.3 Å². The number of nitrogens with zero attached hydrogens (tertiary/aromatic N) is 3. The number of carbonyl (C=O) groups excluding carboxylic acids is 1. The average Bonchev–Trinajstić information content (AvgIpc) is 3.12. The largest absolute Gasteiger partial charge is 0.342 e. The Morgan fingerprint density at radius 2 is 2.12 bits per heavy atom. The number of halogens is 1. The Kier molecular flexibility index (Phi) is 4.85. The Bertz CT molecular complexity index is 917. The highest BCUT2D eigenvalue weighted by Crippen LogP contribution is 2.26. The van der Waals surface area contributed by atoms with Gasteiger partial charge in [0.2, 0.25) is 5.91 Å². The van der Waals surface area contributed by atoms with Gasteiger partial charge in [-0.2, -0.15) is 0 Å². The Hall–Kier alpha value is -2.28. The van der Waals surface area contributed by atoms with Crippen LogP contribution in [0.5, 0.6) is 0 Å². The zero-order valence-corrected chi connectivity index (χ0v) is 15.6. The Morgan fingerprint density at radius 3 is 2.80 bits per heavy atom. The summed E-state index contributed by atoms with van der Waals surface area (Å²) in [6.07, 6.45) is 0.826. The molecule has 3 rings (SSSR count). The second-order valence-electron chi connectivity index (χ2n) is 6.20. The number of fused-ring (bicyclic) bond motifs is 1. The van der Waals surface area contributed by atoms with E-state index in [1.807, 2.05) is 20.8 Å². The standard InChI is InChI=1S/C18H21FN4OS/c1-10(18-11(2)25-12(3)20-18)23(4)17(24)8-7-16-21-14-6-5-13(19)9-15(14)22-16/h5-6,9-10H,7-8H2,1-4H3,(H,21,22)/t10-/m0/s1. The summed E-state index contributed by atoms with van der Waals surface area (Å²) in [5.41, 5.74) is 2.31. The number of aromatic nitrogens is 3. The van der Waals surface area contributed by atoms with Crippen LogP contribution in [0.4, 0.5) is 4.39 Å². The summed E-state index contributed by atoms with van der Waals surface area (Å²) in [5.74, 6) is 0.418. The predicted molar refractivity (Wildman–Crippen MR) is 97.1 cm³/mol. The fourth-order valence-corrected chi connectivity index (χ4v) is 3.79. The number of aromatic amines is 1. The van der Waals surface area contributed by atoms with Gasteiger partial charge in [0.25, 0.3) is 0 Å². The molecule has 7 heteroatoms. The topological polar surface area (TPSA) is 61.9 Å². The van der Waals surface area contributed by atoms with Crippen molar-refractivity contribution in [3.63, 3.8) is 0 Å². The van der Waals surface area contributed by atoms with Crippen LogP contribution in [0.3, 0.4) is 0 Å². The summed E-state index contributed by atoms with van der Waals surface area (Å²) in [6, 6.07) is 4.36. The monoisotopic (exact) mass is 360 g/mol. The van der Waals surface area contributed by atoms with E-state index >= 15 is 0 Å². The van der Waals surface area contributed by atoms with Crippen molar-refractivity contribution in [3.05, 3.63) is 45.4 Å². The van der Waals surface area contributed by atoms with Crippen LogP contribution in [-0.4, -0.2) is 32.8 Å². The number of carbonyl (C=O) groups is 1. The van der Waals surface area contributed by atoms with E-state index in [4.69, 9.17) is 0 Å². The summed E-state index contributed by atoms with van der Waals surface area (Å²) in [7, 11) is 1.80. The van der Waals surface area contributed by atoms with E-state index in [1.54, 1.807) is 29.4 Å². The normalized spacial score (nSPS) is 12.5. The highest BCUT2D eigenvalue weighted by Gasteiger charge is 2.21. The van der Waals surface area contributed by atoms with Crippen molar-refractivity contribution in [2.24, 2.45) is 0 Å². The lowest BCUT2D eigenvalue weighted by atomic mass is 10.1. The Balaban J connectivity index is 1.65. The molecule has 0 radical (unpaired) electrons. The lowest BCUT2D eigenvalue weighted by Crippen LogP contribution is -2.30. The van der Waals surface area contributed by atoms with E-state index < -0.39 is 0 Å². The maximum absolute atomic E-state index is 13.2. The molecule has 1 N–H and O–H groups in total. The SMILES string of the molecule is Cc1nc([C@H](C)N(C)C(=O)CCc2nc3ccc(F)cc3[nH]2)c(C)s1. The zero-order chi connectivity index (χ0) is 18.1. The average molecular weight is 360 g/mol. The molecule has 0 unspecified atom stereocenters. The third kappa shape index (κ3) is 3.71. The quantitative estimate of drug-likeness (QED) is 0.750. The molecule has 0 aliphatic rings. The van der Waals surface area contributed by atoms with E-state index in [-0.39, 0.29) is 17.8 Å². The maximum Gasteiger partial charge on any atom is 0.223 e. The van der Waals surface area contributed by atoms with Crippen LogP contribution in [0.15, 0.2) is 18.2 Å². The van der Waals surface area contributed by atoms with Crippen LogP contribution in [-0.2, 0) is 11.2 Å². The van der Waals surface area contributed by atoms with E-state index in [0.29, 0.717) is 29.7 Å². The molecule has 5 nitrogen and oxygen atoms in total. The van der Waals surface area contributed by atoms with Gasteiger partial charge in [-0.1, -0.05) is 0 Å². The molecule has 2 heterocycles. The Labute approximate surface area is 149 Å². The number of amides is 1. The first-order chi connectivity index (χ1) is 11.8. The minimum absolute atomic E-state index is 0.0317. The maximum atomic E-state index is 13.2. The van der Waals surface area contributed by atoms with E-state index in [2.05, 4.69) is 15.0 Å². The first-order valence-corrected chi connectivity index (χ1v) is 9.00. The van der Waals surface area contributed by atoms with Crippen molar-refractivity contribution in [1.82, 2.24) is 19.9 Å². The molecular formula is C18H21FN4OS. The van der Waals surface area contributed by atoms with Crippen LogP contribution >= 0.6 is 11.3 Å². The third-order valence-electron chi connectivity index (χ3n) is 4.38. The zero-order valence-electron chi connectivity index (χ0n) is 14.8. The molecular weight excluding hydrogens is 339 g/mol. The van der Waals surface area contributed by atoms with Gasteiger partial charge in [0.05, 0.1) is 27.8 Å². The van der Waals surface area contributed by atoms with Gasteiger partial charge in [0.1, 0.15) is 11.6 Å². The lowest BCUT2D eigenvalue weighted by molar-refractivity contribution is -0.131. The second-order valence-corrected chi connectivity index (χ2v) is 7.61. The summed E-state index contributed by atoms with van der Waals surface area (Å²) in [5, 5.41) is 1.01. The highest BCUT2D eigenvalue weighted by molar-refractivity contribution is 7.11. The van der Waals surface area contributed by atoms with E-state index in [1.165, 1.54) is 12.1 Å². The number of thiazole rings is 1. The number of rotatable bonds is 5. The van der Waals surface area contributed by atoms with Gasteiger partial charge in [-0.05, 0) is 39.0 Å².